The van der Waals surface area contributed by atoms with Gasteiger partial charge in [-0.2, -0.15) is 0 Å². The van der Waals surface area contributed by atoms with Crippen molar-refractivity contribution in [3.63, 3.8) is 0 Å². The first-order valence-corrected chi connectivity index (χ1v) is 8.22. The molecule has 0 aliphatic carbocycles. The lowest BCUT2D eigenvalue weighted by atomic mass is 10.2. The second-order valence-electron chi connectivity index (χ2n) is 6.08. The van der Waals surface area contributed by atoms with Crippen molar-refractivity contribution in [2.24, 2.45) is 0 Å². The Kier molecular flexibility index (Phi) is 3.75. The molecular weight excluding hydrogens is 324 g/mol. The highest BCUT2D eigenvalue weighted by Gasteiger charge is 2.18. The summed E-state index contributed by atoms with van der Waals surface area (Å²) in [6.07, 6.45) is 0. The molecule has 0 saturated heterocycles. The minimum atomic E-state index is -0.158. The van der Waals surface area contributed by atoms with Crippen LogP contribution in [0.25, 0.3) is 11.0 Å². The van der Waals surface area contributed by atoms with Crippen LogP contribution in [0.3, 0.4) is 0 Å². The predicted molar refractivity (Wildman–Crippen MR) is 95.5 cm³/mol. The fourth-order valence-corrected chi connectivity index (χ4v) is 3.15. The maximum atomic E-state index is 12.3. The third-order valence-electron chi connectivity index (χ3n) is 4.31. The number of hydrogen-bond donors (Lipinski definition) is 1. The Labute approximate surface area is 144 Å². The molecule has 1 amide bonds. The van der Waals surface area contributed by atoms with Gasteiger partial charge in [-0.1, -0.05) is 11.6 Å². The van der Waals surface area contributed by atoms with Gasteiger partial charge in [-0.25, -0.2) is 4.98 Å². The largest absolute Gasteiger partial charge is 0.326 e. The van der Waals surface area contributed by atoms with Crippen LogP contribution in [0.15, 0.2) is 42.5 Å². The number of carbonyl (C=O) groups is 1. The fraction of sp³-hybridized carbons (Fsp3) is 0.222. The zero-order valence-corrected chi connectivity index (χ0v) is 14.0. The van der Waals surface area contributed by atoms with Crippen molar-refractivity contribution in [1.82, 2.24) is 14.5 Å². The van der Waals surface area contributed by atoms with Crippen molar-refractivity contribution in [3.05, 3.63) is 58.9 Å². The molecule has 0 atom stereocenters. The molecule has 2 heterocycles. The van der Waals surface area contributed by atoms with Gasteiger partial charge in [0, 0.05) is 29.4 Å². The van der Waals surface area contributed by atoms with E-state index in [0.29, 0.717) is 10.6 Å². The molecular formula is C18H17ClN4O. The van der Waals surface area contributed by atoms with Crippen LogP contribution in [0, 0.1) is 0 Å². The van der Waals surface area contributed by atoms with Gasteiger partial charge in [0.05, 0.1) is 17.6 Å². The summed E-state index contributed by atoms with van der Waals surface area (Å²) in [5, 5.41) is 3.53. The molecule has 0 saturated carbocycles. The second-order valence-corrected chi connectivity index (χ2v) is 6.52. The molecule has 3 aromatic rings. The molecule has 0 bridgehead atoms. The number of nitrogens with one attached hydrogen (secondary N) is 1. The maximum Gasteiger partial charge on any atom is 0.255 e. The van der Waals surface area contributed by atoms with E-state index in [1.165, 1.54) is 0 Å². The minimum absolute atomic E-state index is 0.158. The van der Waals surface area contributed by atoms with Crippen LogP contribution in [0.5, 0.6) is 0 Å². The van der Waals surface area contributed by atoms with E-state index in [2.05, 4.69) is 21.8 Å². The number of hydrogen-bond acceptors (Lipinski definition) is 3. The fourth-order valence-electron chi connectivity index (χ4n) is 3.02. The first-order chi connectivity index (χ1) is 11.6. The second kappa shape index (κ2) is 5.92. The number of aromatic nitrogens is 2. The highest BCUT2D eigenvalue weighted by molar-refractivity contribution is 6.30. The molecule has 1 aliphatic heterocycles. The van der Waals surface area contributed by atoms with E-state index in [1.807, 2.05) is 18.2 Å². The quantitative estimate of drug-likeness (QED) is 0.778. The highest BCUT2D eigenvalue weighted by atomic mass is 35.5. The molecule has 4 rings (SSSR count). The van der Waals surface area contributed by atoms with Crippen molar-refractivity contribution in [1.29, 1.82) is 0 Å². The first-order valence-electron chi connectivity index (χ1n) is 7.85. The lowest BCUT2D eigenvalue weighted by Gasteiger charge is -2.23. The number of nitrogens with zero attached hydrogens (tertiary/aromatic N) is 3. The average molecular weight is 341 g/mol. The first kappa shape index (κ1) is 15.2. The van der Waals surface area contributed by atoms with Gasteiger partial charge in [0.2, 0.25) is 0 Å². The Hall–Kier alpha value is -2.37. The lowest BCUT2D eigenvalue weighted by molar-refractivity contribution is 0.102. The molecule has 1 N–H and O–H groups in total. The van der Waals surface area contributed by atoms with E-state index in [1.54, 1.807) is 24.3 Å². The van der Waals surface area contributed by atoms with Crippen molar-refractivity contribution >= 4 is 34.2 Å². The predicted octanol–water partition coefficient (Wildman–Crippen LogP) is 3.39. The molecule has 24 heavy (non-hydrogen) atoms. The van der Waals surface area contributed by atoms with Gasteiger partial charge in [-0.3, -0.25) is 9.69 Å². The van der Waals surface area contributed by atoms with Crippen LogP contribution >= 0.6 is 11.6 Å². The number of benzene rings is 2. The topological polar surface area (TPSA) is 50.2 Å². The summed E-state index contributed by atoms with van der Waals surface area (Å²) in [6.45, 7) is 2.81. The van der Waals surface area contributed by atoms with Gasteiger partial charge < -0.3 is 9.88 Å². The zero-order valence-electron chi connectivity index (χ0n) is 13.3. The summed E-state index contributed by atoms with van der Waals surface area (Å²) in [5.41, 5.74) is 3.34. The number of imidazole rings is 1. The van der Waals surface area contributed by atoms with Gasteiger partial charge in [0.25, 0.3) is 5.91 Å². The summed E-state index contributed by atoms with van der Waals surface area (Å²) in [6, 6.07) is 12.7. The third-order valence-corrected chi connectivity index (χ3v) is 4.56. The van der Waals surface area contributed by atoms with Crippen molar-refractivity contribution in [3.8, 4) is 0 Å². The van der Waals surface area contributed by atoms with Crippen molar-refractivity contribution in [2.75, 3.05) is 18.9 Å². The Morgan fingerprint density at radius 3 is 2.75 bits per heavy atom. The van der Waals surface area contributed by atoms with Crippen LogP contribution in [0.2, 0.25) is 5.02 Å². The van der Waals surface area contributed by atoms with Crippen molar-refractivity contribution < 1.29 is 4.79 Å². The number of carbonyl (C=O) groups excluding carboxylic acids is 1. The summed E-state index contributed by atoms with van der Waals surface area (Å²) in [4.78, 5) is 19.3. The molecule has 1 aromatic heterocycles. The number of rotatable bonds is 2. The minimum Gasteiger partial charge on any atom is -0.326 e. The number of likely N-dealkylation sites (N-methyl/N-ethyl adjacent to an activating group) is 1. The zero-order chi connectivity index (χ0) is 16.7. The Morgan fingerprint density at radius 1 is 1.17 bits per heavy atom. The Balaban J connectivity index is 1.61. The summed E-state index contributed by atoms with van der Waals surface area (Å²) >= 11 is 5.86. The molecule has 0 unspecified atom stereocenters. The number of anilines is 1. The Morgan fingerprint density at radius 2 is 1.96 bits per heavy atom. The average Bonchev–Trinajstić information content (AvgIpc) is 2.91. The molecule has 5 nitrogen and oxygen atoms in total. The normalized spacial score (nSPS) is 14.6. The number of fused-ring (bicyclic) bond motifs is 3. The molecule has 122 valence electrons. The van der Waals surface area contributed by atoms with Crippen LogP contribution in [-0.2, 0) is 13.1 Å². The summed E-state index contributed by atoms with van der Waals surface area (Å²) in [5.74, 6) is 0.912. The van der Waals surface area contributed by atoms with E-state index < -0.39 is 0 Å². The number of amides is 1. The SMILES string of the molecule is CN1CCn2c(nc3cc(NC(=O)c4ccc(Cl)cc4)ccc32)C1. The molecule has 6 heteroatoms. The van der Waals surface area contributed by atoms with Gasteiger partial charge in [-0.05, 0) is 49.5 Å². The van der Waals surface area contributed by atoms with E-state index in [0.717, 1.165) is 42.2 Å². The Bertz CT molecular complexity index is 917. The maximum absolute atomic E-state index is 12.3. The molecule has 1 aliphatic rings. The van der Waals surface area contributed by atoms with Crippen LogP contribution in [0.4, 0.5) is 5.69 Å². The van der Waals surface area contributed by atoms with E-state index in [-0.39, 0.29) is 5.91 Å². The van der Waals surface area contributed by atoms with Gasteiger partial charge in [0.1, 0.15) is 5.82 Å². The monoisotopic (exact) mass is 340 g/mol. The lowest BCUT2D eigenvalue weighted by Crippen LogP contribution is -2.30. The standard InChI is InChI=1S/C18H17ClN4O/c1-22-8-9-23-16-7-6-14(10-15(16)21-17(23)11-22)20-18(24)12-2-4-13(19)5-3-12/h2-7,10H,8-9,11H2,1H3,(H,20,24). The van der Waals surface area contributed by atoms with Gasteiger partial charge in [-0.15, -0.1) is 0 Å². The van der Waals surface area contributed by atoms with Gasteiger partial charge >= 0.3 is 0 Å². The number of halogens is 1. The summed E-state index contributed by atoms with van der Waals surface area (Å²) < 4.78 is 2.25. The smallest absolute Gasteiger partial charge is 0.255 e. The van der Waals surface area contributed by atoms with E-state index in [9.17, 15) is 4.79 Å². The van der Waals surface area contributed by atoms with E-state index in [4.69, 9.17) is 16.6 Å². The molecule has 0 spiro atoms. The van der Waals surface area contributed by atoms with Crippen LogP contribution < -0.4 is 5.32 Å². The van der Waals surface area contributed by atoms with Crippen LogP contribution in [0.1, 0.15) is 16.2 Å². The summed E-state index contributed by atoms with van der Waals surface area (Å²) in [7, 11) is 2.10. The van der Waals surface area contributed by atoms with Crippen molar-refractivity contribution in [2.45, 2.75) is 13.1 Å². The third kappa shape index (κ3) is 2.77. The van der Waals surface area contributed by atoms with Gasteiger partial charge in [0.15, 0.2) is 0 Å². The van der Waals surface area contributed by atoms with E-state index >= 15 is 0 Å². The van der Waals surface area contributed by atoms with Crippen LogP contribution in [-0.4, -0.2) is 34.0 Å². The molecule has 2 aromatic carbocycles. The highest BCUT2D eigenvalue weighted by Crippen LogP contribution is 2.23. The molecule has 0 radical (unpaired) electrons. The molecule has 0 fully saturated rings.